The van der Waals surface area contributed by atoms with Crippen LogP contribution in [0.25, 0.3) is 0 Å². The van der Waals surface area contributed by atoms with Crippen molar-refractivity contribution in [3.05, 3.63) is 47.5 Å². The van der Waals surface area contributed by atoms with Gasteiger partial charge in [-0.2, -0.15) is 8.78 Å². The smallest absolute Gasteiger partial charge is 0.266 e. The molecule has 0 aromatic heterocycles. The van der Waals surface area contributed by atoms with Crippen LogP contribution in [0.1, 0.15) is 27.1 Å². The number of carbonyl (C=O) groups excluding carboxylic acids is 2. The van der Waals surface area contributed by atoms with Crippen LogP contribution >= 0.6 is 0 Å². The van der Waals surface area contributed by atoms with Gasteiger partial charge in [0.25, 0.3) is 17.9 Å². The fourth-order valence-corrected chi connectivity index (χ4v) is 1.74. The van der Waals surface area contributed by atoms with E-state index in [1.807, 2.05) is 0 Å². The first-order valence-corrected chi connectivity index (χ1v) is 5.07. The van der Waals surface area contributed by atoms with E-state index in [2.05, 4.69) is 0 Å². The van der Waals surface area contributed by atoms with Gasteiger partial charge in [0.2, 0.25) is 0 Å². The number of benzene rings is 1. The van der Waals surface area contributed by atoms with Crippen molar-refractivity contribution in [1.29, 1.82) is 0 Å². The Bertz CT molecular complexity index is 472. The van der Waals surface area contributed by atoms with E-state index in [0.29, 0.717) is 17.2 Å². The number of hydrogen-bond donors (Lipinski definition) is 0. The monoisotopic (exact) mass is 237 g/mol. The highest BCUT2D eigenvalue weighted by atomic mass is 19.3. The summed E-state index contributed by atoms with van der Waals surface area (Å²) in [5.74, 6) is -0.837. The van der Waals surface area contributed by atoms with Gasteiger partial charge < -0.3 is 0 Å². The Morgan fingerprint density at radius 2 is 1.65 bits per heavy atom. The van der Waals surface area contributed by atoms with Gasteiger partial charge in [-0.15, -0.1) is 0 Å². The van der Waals surface area contributed by atoms with Crippen LogP contribution in [0.4, 0.5) is 8.78 Å². The zero-order valence-corrected chi connectivity index (χ0v) is 8.82. The Kier molecular flexibility index (Phi) is 2.99. The minimum absolute atomic E-state index is 0.0241. The highest BCUT2D eigenvalue weighted by molar-refractivity contribution is 6.21. The number of halogens is 2. The summed E-state index contributed by atoms with van der Waals surface area (Å²) in [4.78, 5) is 24.5. The van der Waals surface area contributed by atoms with Gasteiger partial charge in [-0.25, -0.2) is 0 Å². The summed E-state index contributed by atoms with van der Waals surface area (Å²) in [5.41, 5.74) is 0.671. The van der Waals surface area contributed by atoms with Crippen molar-refractivity contribution in [3.8, 4) is 0 Å². The summed E-state index contributed by atoms with van der Waals surface area (Å²) in [6.07, 6.45) is -1.14. The van der Waals surface area contributed by atoms with Crippen molar-refractivity contribution in [2.75, 3.05) is 6.54 Å². The number of hydrogen-bond acceptors (Lipinski definition) is 2. The van der Waals surface area contributed by atoms with E-state index >= 15 is 0 Å². The van der Waals surface area contributed by atoms with Crippen molar-refractivity contribution in [2.24, 2.45) is 0 Å². The third-order valence-electron chi connectivity index (χ3n) is 2.53. The van der Waals surface area contributed by atoms with E-state index in [0.717, 1.165) is 4.90 Å². The maximum absolute atomic E-state index is 11.8. The molecule has 1 aliphatic rings. The molecule has 1 heterocycles. The minimum atomic E-state index is -1.80. The van der Waals surface area contributed by atoms with Gasteiger partial charge in [-0.05, 0) is 24.6 Å². The topological polar surface area (TPSA) is 37.4 Å². The fraction of sp³-hybridized carbons (Fsp3) is 0.167. The average molecular weight is 237 g/mol. The van der Waals surface area contributed by atoms with Crippen LogP contribution < -0.4 is 0 Å². The second-order valence-electron chi connectivity index (χ2n) is 3.59. The lowest BCUT2D eigenvalue weighted by Crippen LogP contribution is -2.30. The van der Waals surface area contributed by atoms with Gasteiger partial charge in [0, 0.05) is 6.54 Å². The van der Waals surface area contributed by atoms with Crippen LogP contribution in [0.15, 0.2) is 36.4 Å². The molecule has 1 aromatic rings. The molecule has 5 heteroatoms. The van der Waals surface area contributed by atoms with Gasteiger partial charge in [-0.3, -0.25) is 14.5 Å². The van der Waals surface area contributed by atoms with Crippen LogP contribution in [0.3, 0.4) is 0 Å². The SMILES string of the molecule is O=C1c2ccccc2C(=O)N1CCC=C(F)F. The van der Waals surface area contributed by atoms with E-state index in [-0.39, 0.29) is 13.0 Å². The molecule has 0 bridgehead atoms. The molecule has 0 spiro atoms. The average Bonchev–Trinajstić information content (AvgIpc) is 2.54. The summed E-state index contributed by atoms with van der Waals surface area (Å²) < 4.78 is 23.7. The molecular weight excluding hydrogens is 228 g/mol. The number of imide groups is 1. The van der Waals surface area contributed by atoms with E-state index in [4.69, 9.17) is 0 Å². The third-order valence-corrected chi connectivity index (χ3v) is 2.53. The molecule has 0 N–H and O–H groups in total. The van der Waals surface area contributed by atoms with Crippen molar-refractivity contribution in [2.45, 2.75) is 6.42 Å². The van der Waals surface area contributed by atoms with E-state index in [1.54, 1.807) is 24.3 Å². The number of rotatable bonds is 3. The second-order valence-corrected chi connectivity index (χ2v) is 3.59. The molecule has 88 valence electrons. The highest BCUT2D eigenvalue weighted by Gasteiger charge is 2.34. The molecule has 17 heavy (non-hydrogen) atoms. The highest BCUT2D eigenvalue weighted by Crippen LogP contribution is 2.22. The zero-order valence-electron chi connectivity index (χ0n) is 8.82. The predicted octanol–water partition coefficient (Wildman–Crippen LogP) is 2.45. The Labute approximate surface area is 96.3 Å². The van der Waals surface area contributed by atoms with Gasteiger partial charge in [0.15, 0.2) is 0 Å². The lowest BCUT2D eigenvalue weighted by molar-refractivity contribution is 0.0656. The summed E-state index contributed by atoms with van der Waals surface area (Å²) in [6.45, 7) is -0.0241. The first kappa shape index (κ1) is 11.4. The summed E-state index contributed by atoms with van der Waals surface area (Å²) in [6, 6.07) is 6.44. The van der Waals surface area contributed by atoms with Crippen LogP contribution in [-0.2, 0) is 0 Å². The first-order chi connectivity index (χ1) is 8.11. The van der Waals surface area contributed by atoms with Crippen molar-refractivity contribution < 1.29 is 18.4 Å². The number of fused-ring (bicyclic) bond motifs is 1. The van der Waals surface area contributed by atoms with Crippen LogP contribution in [0.5, 0.6) is 0 Å². The molecule has 0 atom stereocenters. The summed E-state index contributed by atoms with van der Waals surface area (Å²) in [5, 5.41) is 0. The zero-order chi connectivity index (χ0) is 12.4. The van der Waals surface area contributed by atoms with Crippen LogP contribution in [-0.4, -0.2) is 23.3 Å². The molecule has 0 unspecified atom stereocenters. The molecule has 0 saturated heterocycles. The Morgan fingerprint density at radius 3 is 2.12 bits per heavy atom. The maximum atomic E-state index is 11.8. The molecule has 1 aliphatic heterocycles. The van der Waals surface area contributed by atoms with Crippen molar-refractivity contribution in [1.82, 2.24) is 4.90 Å². The lowest BCUT2D eigenvalue weighted by Gasteiger charge is -2.11. The third kappa shape index (κ3) is 2.08. The Hall–Kier alpha value is -2.04. The molecule has 2 rings (SSSR count). The van der Waals surface area contributed by atoms with E-state index < -0.39 is 17.9 Å². The normalized spacial score (nSPS) is 13.9. The number of carbonyl (C=O) groups is 2. The minimum Gasteiger partial charge on any atom is -0.274 e. The molecule has 0 radical (unpaired) electrons. The van der Waals surface area contributed by atoms with Gasteiger partial charge >= 0.3 is 0 Å². The second kappa shape index (κ2) is 4.45. The summed E-state index contributed by atoms with van der Waals surface area (Å²) in [7, 11) is 0. The van der Waals surface area contributed by atoms with Gasteiger partial charge in [0.05, 0.1) is 11.1 Å². The number of nitrogens with zero attached hydrogens (tertiary/aromatic N) is 1. The van der Waals surface area contributed by atoms with Gasteiger partial charge in [0.1, 0.15) is 0 Å². The molecule has 3 nitrogen and oxygen atoms in total. The predicted molar refractivity (Wildman–Crippen MR) is 56.7 cm³/mol. The van der Waals surface area contributed by atoms with E-state index in [1.165, 1.54) is 0 Å². The van der Waals surface area contributed by atoms with Gasteiger partial charge in [-0.1, -0.05) is 12.1 Å². The quantitative estimate of drug-likeness (QED) is 0.757. The Morgan fingerprint density at radius 1 is 1.12 bits per heavy atom. The number of amides is 2. The standard InChI is InChI=1S/C12H9F2NO2/c13-10(14)6-3-7-15-11(16)8-4-1-2-5-9(8)12(15)17/h1-2,4-6H,3,7H2. The van der Waals surface area contributed by atoms with Crippen molar-refractivity contribution in [3.63, 3.8) is 0 Å². The van der Waals surface area contributed by atoms with E-state index in [9.17, 15) is 18.4 Å². The fourth-order valence-electron chi connectivity index (χ4n) is 1.74. The van der Waals surface area contributed by atoms with Crippen molar-refractivity contribution >= 4 is 11.8 Å². The first-order valence-electron chi connectivity index (χ1n) is 5.07. The molecule has 0 saturated carbocycles. The van der Waals surface area contributed by atoms with Crippen LogP contribution in [0.2, 0.25) is 0 Å². The maximum Gasteiger partial charge on any atom is 0.266 e. The molecular formula is C12H9F2NO2. The Balaban J connectivity index is 2.16. The molecule has 2 amide bonds. The molecule has 1 aromatic carbocycles. The summed E-state index contributed by atoms with van der Waals surface area (Å²) >= 11 is 0. The lowest BCUT2D eigenvalue weighted by atomic mass is 10.1. The molecule has 0 fully saturated rings. The molecule has 0 aliphatic carbocycles. The van der Waals surface area contributed by atoms with Crippen LogP contribution in [0, 0.1) is 0 Å². The largest absolute Gasteiger partial charge is 0.274 e.